The number of allylic oxidation sites excluding steroid dienone is 1. The summed E-state index contributed by atoms with van der Waals surface area (Å²) in [5.41, 5.74) is 0. The molecule has 0 aromatic heterocycles. The number of hydrogen-bond acceptors (Lipinski definition) is 1. The molecule has 0 bridgehead atoms. The minimum absolute atomic E-state index is 0.688. The lowest BCUT2D eigenvalue weighted by Crippen LogP contribution is -1.83. The number of unbranched alkanes of at least 4 members (excludes halogenated alkanes) is 11. The van der Waals surface area contributed by atoms with Gasteiger partial charge in [0.15, 0.2) is 0 Å². The Kier molecular flexibility index (Phi) is 10.2. The lowest BCUT2D eigenvalue weighted by molar-refractivity contribution is 0.550. The van der Waals surface area contributed by atoms with Crippen molar-refractivity contribution in [1.29, 1.82) is 0 Å². The first-order chi connectivity index (χ1) is 9.34. The summed E-state index contributed by atoms with van der Waals surface area (Å²) in [6.45, 7) is 4.54. The first-order valence-corrected chi connectivity index (χ1v) is 8.77. The largest absolute Gasteiger partial charge is 0.305 e. The summed E-state index contributed by atoms with van der Waals surface area (Å²) in [4.78, 5) is 0. The van der Waals surface area contributed by atoms with Gasteiger partial charge in [0.25, 0.3) is 0 Å². The molecule has 2 unspecified atom stereocenters. The monoisotopic (exact) mass is 265 g/mol. The van der Waals surface area contributed by atoms with Crippen molar-refractivity contribution in [2.45, 2.75) is 103 Å². The van der Waals surface area contributed by atoms with Crippen LogP contribution in [0.15, 0.2) is 12.2 Å². The van der Waals surface area contributed by atoms with Crippen LogP contribution in [-0.2, 0) is 0 Å². The molecule has 0 aliphatic carbocycles. The van der Waals surface area contributed by atoms with E-state index in [0.717, 1.165) is 6.04 Å². The Morgan fingerprint density at radius 3 is 1.74 bits per heavy atom. The van der Waals surface area contributed by atoms with E-state index >= 15 is 0 Å². The van der Waals surface area contributed by atoms with Crippen LogP contribution in [-0.4, -0.2) is 12.1 Å². The van der Waals surface area contributed by atoms with Crippen molar-refractivity contribution in [2.24, 2.45) is 0 Å². The zero-order valence-corrected chi connectivity index (χ0v) is 13.3. The average Bonchev–Trinajstić information content (AvgIpc) is 3.11. The standard InChI is InChI=1S/C18H35N/c1-3-4-5-6-7-8-9-10-11-12-13-14-15-16-18-17(2)19-18/h15-19H,3-14H2,1-2H3/b16-15+. The second-order valence-electron chi connectivity index (χ2n) is 6.23. The highest BCUT2D eigenvalue weighted by Crippen LogP contribution is 2.13. The maximum atomic E-state index is 3.39. The van der Waals surface area contributed by atoms with E-state index < -0.39 is 0 Å². The first kappa shape index (κ1) is 16.8. The summed E-state index contributed by atoms with van der Waals surface area (Å²) in [7, 11) is 0. The van der Waals surface area contributed by atoms with Gasteiger partial charge in [-0.25, -0.2) is 0 Å². The molecule has 1 aliphatic heterocycles. The molecule has 1 N–H and O–H groups in total. The van der Waals surface area contributed by atoms with E-state index in [0.29, 0.717) is 6.04 Å². The van der Waals surface area contributed by atoms with Gasteiger partial charge in [-0.15, -0.1) is 0 Å². The van der Waals surface area contributed by atoms with Crippen LogP contribution < -0.4 is 5.32 Å². The van der Waals surface area contributed by atoms with Gasteiger partial charge in [-0.2, -0.15) is 0 Å². The van der Waals surface area contributed by atoms with E-state index in [1.54, 1.807) is 0 Å². The zero-order chi connectivity index (χ0) is 13.8. The van der Waals surface area contributed by atoms with Crippen molar-refractivity contribution in [3.63, 3.8) is 0 Å². The van der Waals surface area contributed by atoms with Gasteiger partial charge in [0.05, 0.1) is 0 Å². The summed E-state index contributed by atoms with van der Waals surface area (Å²) in [5.74, 6) is 0. The number of nitrogens with one attached hydrogen (secondary N) is 1. The van der Waals surface area contributed by atoms with Crippen molar-refractivity contribution in [3.05, 3.63) is 12.2 Å². The Balaban J connectivity index is 1.68. The van der Waals surface area contributed by atoms with E-state index in [9.17, 15) is 0 Å². The Hall–Kier alpha value is -0.300. The van der Waals surface area contributed by atoms with Gasteiger partial charge in [-0.1, -0.05) is 83.3 Å². The number of rotatable bonds is 13. The van der Waals surface area contributed by atoms with Crippen LogP contribution in [0.25, 0.3) is 0 Å². The molecule has 0 saturated carbocycles. The Morgan fingerprint density at radius 2 is 1.26 bits per heavy atom. The molecule has 19 heavy (non-hydrogen) atoms. The highest BCUT2D eigenvalue weighted by molar-refractivity contribution is 5.09. The van der Waals surface area contributed by atoms with Crippen LogP contribution in [0.1, 0.15) is 90.9 Å². The second-order valence-corrected chi connectivity index (χ2v) is 6.23. The molecule has 112 valence electrons. The molecule has 0 aromatic carbocycles. The Morgan fingerprint density at radius 1 is 0.789 bits per heavy atom. The average molecular weight is 265 g/mol. The van der Waals surface area contributed by atoms with Crippen LogP contribution in [0.5, 0.6) is 0 Å². The highest BCUT2D eigenvalue weighted by atomic mass is 15.1. The fraction of sp³-hybridized carbons (Fsp3) is 0.889. The predicted molar refractivity (Wildman–Crippen MR) is 86.6 cm³/mol. The van der Waals surface area contributed by atoms with Crippen LogP contribution in [0.2, 0.25) is 0 Å². The van der Waals surface area contributed by atoms with Crippen molar-refractivity contribution in [3.8, 4) is 0 Å². The molecule has 2 atom stereocenters. The normalized spacial score (nSPS) is 22.2. The SMILES string of the molecule is CCCCCCCCCCCCC/C=C/C1NC1C. The Labute approximate surface area is 121 Å². The van der Waals surface area contributed by atoms with Gasteiger partial charge < -0.3 is 5.32 Å². The van der Waals surface area contributed by atoms with Crippen LogP contribution in [0.3, 0.4) is 0 Å². The number of hydrogen-bond donors (Lipinski definition) is 1. The third-order valence-corrected chi connectivity index (χ3v) is 4.20. The summed E-state index contributed by atoms with van der Waals surface area (Å²) < 4.78 is 0. The van der Waals surface area contributed by atoms with Gasteiger partial charge in [-0.3, -0.25) is 0 Å². The van der Waals surface area contributed by atoms with Crippen molar-refractivity contribution < 1.29 is 0 Å². The molecule has 1 saturated heterocycles. The summed E-state index contributed by atoms with van der Waals surface area (Å²) in [6, 6.07) is 1.42. The lowest BCUT2D eigenvalue weighted by Gasteiger charge is -2.01. The van der Waals surface area contributed by atoms with Crippen molar-refractivity contribution >= 4 is 0 Å². The van der Waals surface area contributed by atoms with E-state index in [-0.39, 0.29) is 0 Å². The summed E-state index contributed by atoms with van der Waals surface area (Å²) >= 11 is 0. The van der Waals surface area contributed by atoms with E-state index in [4.69, 9.17) is 0 Å². The van der Waals surface area contributed by atoms with Crippen LogP contribution in [0, 0.1) is 0 Å². The molecule has 1 aliphatic rings. The van der Waals surface area contributed by atoms with Crippen molar-refractivity contribution in [1.82, 2.24) is 5.32 Å². The van der Waals surface area contributed by atoms with Gasteiger partial charge in [0, 0.05) is 12.1 Å². The minimum atomic E-state index is 0.688. The van der Waals surface area contributed by atoms with Gasteiger partial charge in [0.2, 0.25) is 0 Å². The third-order valence-electron chi connectivity index (χ3n) is 4.20. The van der Waals surface area contributed by atoms with Gasteiger partial charge >= 0.3 is 0 Å². The van der Waals surface area contributed by atoms with E-state index in [1.807, 2.05) is 0 Å². The predicted octanol–water partition coefficient (Wildman–Crippen LogP) is 5.60. The highest BCUT2D eigenvalue weighted by Gasteiger charge is 2.27. The third kappa shape index (κ3) is 10.2. The molecule has 1 fully saturated rings. The van der Waals surface area contributed by atoms with Gasteiger partial charge in [0.1, 0.15) is 0 Å². The van der Waals surface area contributed by atoms with E-state index in [1.165, 1.54) is 77.0 Å². The molecule has 0 radical (unpaired) electrons. The first-order valence-electron chi connectivity index (χ1n) is 8.77. The lowest BCUT2D eigenvalue weighted by atomic mass is 10.1. The smallest absolute Gasteiger partial charge is 0.0405 e. The summed E-state index contributed by atoms with van der Waals surface area (Å²) in [6.07, 6.45) is 21.8. The van der Waals surface area contributed by atoms with Crippen LogP contribution in [0.4, 0.5) is 0 Å². The molecule has 0 spiro atoms. The molecule has 0 amide bonds. The fourth-order valence-corrected chi connectivity index (χ4v) is 2.64. The molecule has 1 rings (SSSR count). The Bertz CT molecular complexity index is 222. The quantitative estimate of drug-likeness (QED) is 0.261. The molecule has 0 aromatic rings. The van der Waals surface area contributed by atoms with Crippen molar-refractivity contribution in [2.75, 3.05) is 0 Å². The summed E-state index contributed by atoms with van der Waals surface area (Å²) in [5, 5.41) is 3.39. The topological polar surface area (TPSA) is 21.9 Å². The maximum absolute atomic E-state index is 3.39. The zero-order valence-electron chi connectivity index (χ0n) is 13.3. The second kappa shape index (κ2) is 11.5. The van der Waals surface area contributed by atoms with E-state index in [2.05, 4.69) is 31.3 Å². The molecular weight excluding hydrogens is 230 g/mol. The molecule has 1 heteroatoms. The van der Waals surface area contributed by atoms with Gasteiger partial charge in [-0.05, 0) is 19.8 Å². The van der Waals surface area contributed by atoms with Crippen LogP contribution >= 0.6 is 0 Å². The molecule has 1 heterocycles. The molecular formula is C18H35N. The molecule has 1 nitrogen and oxygen atoms in total. The maximum Gasteiger partial charge on any atom is 0.0405 e. The minimum Gasteiger partial charge on any atom is -0.305 e. The fourth-order valence-electron chi connectivity index (χ4n) is 2.64.